The lowest BCUT2D eigenvalue weighted by Gasteiger charge is -2.39. The Kier molecular flexibility index (Phi) is 5.31. The van der Waals surface area contributed by atoms with Gasteiger partial charge in [0.15, 0.2) is 4.34 Å². The van der Waals surface area contributed by atoms with Gasteiger partial charge in [-0.15, -0.1) is 10.2 Å². The van der Waals surface area contributed by atoms with E-state index in [-0.39, 0.29) is 11.8 Å². The van der Waals surface area contributed by atoms with Gasteiger partial charge in [0.05, 0.1) is 21.7 Å². The van der Waals surface area contributed by atoms with Gasteiger partial charge < -0.3 is 5.32 Å². The maximum atomic E-state index is 13.7. The third kappa shape index (κ3) is 3.44. The summed E-state index contributed by atoms with van der Waals surface area (Å²) in [6.45, 7) is 8.11. The number of anilines is 1. The molecule has 32 heavy (non-hydrogen) atoms. The van der Waals surface area contributed by atoms with Gasteiger partial charge >= 0.3 is 0 Å². The summed E-state index contributed by atoms with van der Waals surface area (Å²) in [6.07, 6.45) is 2.99. The summed E-state index contributed by atoms with van der Waals surface area (Å²) in [5.41, 5.74) is 4.95. The first-order chi connectivity index (χ1) is 15.2. The van der Waals surface area contributed by atoms with Crippen molar-refractivity contribution in [3.8, 4) is 0 Å². The smallest absolute Gasteiger partial charge is 0.264 e. The van der Waals surface area contributed by atoms with Crippen molar-refractivity contribution in [1.29, 1.82) is 0 Å². The fraction of sp³-hybridized carbons (Fsp3) is 0.318. The number of benzene rings is 1. The molecule has 3 aliphatic heterocycles. The highest BCUT2D eigenvalue weighted by molar-refractivity contribution is 8.27. The summed E-state index contributed by atoms with van der Waals surface area (Å²) in [5.74, 6) is 0.280. The maximum Gasteiger partial charge on any atom is 0.264 e. The van der Waals surface area contributed by atoms with Gasteiger partial charge in [0, 0.05) is 16.9 Å². The molecule has 1 N–H and O–H groups in total. The van der Waals surface area contributed by atoms with Crippen LogP contribution in [0, 0.1) is 6.92 Å². The lowest BCUT2D eigenvalue weighted by Crippen LogP contribution is -2.46. The van der Waals surface area contributed by atoms with Crippen molar-refractivity contribution in [1.82, 2.24) is 15.5 Å². The molecule has 1 aromatic carbocycles. The third-order valence-corrected chi connectivity index (χ3v) is 8.89. The van der Waals surface area contributed by atoms with Crippen LogP contribution in [0.25, 0.3) is 11.1 Å². The molecule has 0 atom stereocenters. The second-order valence-electron chi connectivity index (χ2n) is 8.28. The first-order valence-corrected chi connectivity index (χ1v) is 13.2. The van der Waals surface area contributed by atoms with E-state index in [1.165, 1.54) is 11.8 Å². The van der Waals surface area contributed by atoms with E-state index < -0.39 is 5.54 Å². The summed E-state index contributed by atoms with van der Waals surface area (Å²) in [4.78, 5) is 28.5. The number of aryl methyl sites for hydroxylation is 2. The molecule has 0 radical (unpaired) electrons. The van der Waals surface area contributed by atoms with Crippen LogP contribution in [0.1, 0.15) is 42.5 Å². The van der Waals surface area contributed by atoms with E-state index in [1.54, 1.807) is 23.1 Å². The van der Waals surface area contributed by atoms with Crippen molar-refractivity contribution in [2.75, 3.05) is 10.7 Å². The second kappa shape index (κ2) is 7.79. The topological polar surface area (TPSA) is 75.2 Å². The number of thioether (sulfide) groups is 2. The molecule has 1 fully saturated rings. The molecule has 2 amide bonds. The van der Waals surface area contributed by atoms with Crippen LogP contribution in [0.2, 0.25) is 0 Å². The Bertz CT molecular complexity index is 1270. The van der Waals surface area contributed by atoms with Crippen molar-refractivity contribution in [2.24, 2.45) is 0 Å². The summed E-state index contributed by atoms with van der Waals surface area (Å²) < 4.78 is 1.31. The van der Waals surface area contributed by atoms with Crippen LogP contribution in [0.4, 0.5) is 5.69 Å². The van der Waals surface area contributed by atoms with Gasteiger partial charge in [0.2, 0.25) is 0 Å². The number of nitrogens with zero attached hydrogens (tertiary/aromatic N) is 3. The van der Waals surface area contributed by atoms with Crippen LogP contribution < -0.4 is 10.2 Å². The van der Waals surface area contributed by atoms with Gasteiger partial charge in [0.1, 0.15) is 9.33 Å². The van der Waals surface area contributed by atoms with Crippen molar-refractivity contribution < 1.29 is 9.59 Å². The van der Waals surface area contributed by atoms with Crippen molar-refractivity contribution in [3.05, 3.63) is 44.8 Å². The average molecular weight is 501 g/mol. The molecule has 1 aromatic heterocycles. The van der Waals surface area contributed by atoms with E-state index in [1.807, 2.05) is 25.7 Å². The number of carbonyl (C=O) groups excluding carboxylic acids is 2. The van der Waals surface area contributed by atoms with Gasteiger partial charge in [-0.05, 0) is 50.5 Å². The first kappa shape index (κ1) is 21.8. The molecular weight excluding hydrogens is 481 g/mol. The largest absolute Gasteiger partial charge is 0.307 e. The zero-order valence-electron chi connectivity index (χ0n) is 17.9. The number of thiocarbonyl (C=S) groups is 1. The van der Waals surface area contributed by atoms with Crippen molar-refractivity contribution >= 4 is 80.0 Å². The Morgan fingerprint density at radius 2 is 1.97 bits per heavy atom. The average Bonchev–Trinajstić information content (AvgIpc) is 3.38. The molecule has 5 rings (SSSR count). The molecule has 3 aliphatic rings. The van der Waals surface area contributed by atoms with E-state index in [0.717, 1.165) is 49.5 Å². The summed E-state index contributed by atoms with van der Waals surface area (Å²) in [5, 5.41) is 11.9. The minimum atomic E-state index is -0.540. The fourth-order valence-corrected chi connectivity index (χ4v) is 7.24. The van der Waals surface area contributed by atoms with Crippen LogP contribution in [0.15, 0.2) is 27.5 Å². The lowest BCUT2D eigenvalue weighted by molar-refractivity contribution is -0.116. The maximum absolute atomic E-state index is 13.7. The molecule has 0 spiro atoms. The normalized spacial score (nSPS) is 21.2. The Labute approximate surface area is 203 Å². The number of amides is 2. The SMILES string of the molecule is CCc1cc2c3c(c1)C(=C1SC(=S)NC1=O)C(=O)N3C(C)(C)C=C2CSc1nnc(C)s1. The third-order valence-electron chi connectivity index (χ3n) is 5.64. The van der Waals surface area contributed by atoms with Gasteiger partial charge in [-0.2, -0.15) is 0 Å². The first-order valence-electron chi connectivity index (χ1n) is 10.1. The number of nitrogens with one attached hydrogen (secondary N) is 1. The number of hydrogen-bond acceptors (Lipinski definition) is 8. The Balaban J connectivity index is 1.67. The summed E-state index contributed by atoms with van der Waals surface area (Å²) >= 11 is 9.59. The molecule has 10 heteroatoms. The van der Waals surface area contributed by atoms with Gasteiger partial charge in [0.25, 0.3) is 11.8 Å². The Morgan fingerprint density at radius 3 is 2.59 bits per heavy atom. The van der Waals surface area contributed by atoms with Gasteiger partial charge in [-0.1, -0.05) is 60.1 Å². The lowest BCUT2D eigenvalue weighted by atomic mass is 9.87. The highest BCUT2D eigenvalue weighted by atomic mass is 32.2. The molecule has 0 saturated carbocycles. The summed E-state index contributed by atoms with van der Waals surface area (Å²) in [6, 6.07) is 4.22. The van der Waals surface area contributed by atoms with Gasteiger partial charge in [-0.25, -0.2) is 0 Å². The Hall–Kier alpha value is -2.01. The minimum Gasteiger partial charge on any atom is -0.307 e. The van der Waals surface area contributed by atoms with E-state index >= 15 is 0 Å². The highest BCUT2D eigenvalue weighted by Gasteiger charge is 2.47. The van der Waals surface area contributed by atoms with E-state index in [9.17, 15) is 9.59 Å². The van der Waals surface area contributed by atoms with Crippen LogP contribution in [0.3, 0.4) is 0 Å². The Morgan fingerprint density at radius 1 is 1.22 bits per heavy atom. The zero-order chi connectivity index (χ0) is 22.8. The standard InChI is InChI=1S/C22H20N4O2S4/c1-5-11-6-13-12(9-30-21-25-24-10(2)31-21)8-22(3,4)26-16(13)14(7-11)15(19(26)28)17-18(27)23-20(29)32-17/h6-8H,5,9H2,1-4H3,(H,23,27,29). The minimum absolute atomic E-state index is 0.149. The fourth-order valence-electron chi connectivity index (χ4n) is 4.32. The van der Waals surface area contributed by atoms with Crippen molar-refractivity contribution in [2.45, 2.75) is 44.0 Å². The molecule has 0 unspecified atom stereocenters. The molecule has 0 bridgehead atoms. The van der Waals surface area contributed by atoms with E-state index in [2.05, 4.69) is 40.6 Å². The summed E-state index contributed by atoms with van der Waals surface area (Å²) in [7, 11) is 0. The molecule has 164 valence electrons. The predicted molar refractivity (Wildman–Crippen MR) is 136 cm³/mol. The number of hydrogen-bond donors (Lipinski definition) is 1. The van der Waals surface area contributed by atoms with Crippen LogP contribution in [-0.4, -0.2) is 37.6 Å². The molecular formula is C22H20N4O2S4. The van der Waals surface area contributed by atoms with E-state index in [0.29, 0.717) is 14.8 Å². The highest BCUT2D eigenvalue weighted by Crippen LogP contribution is 2.52. The molecule has 0 aliphatic carbocycles. The predicted octanol–water partition coefficient (Wildman–Crippen LogP) is 4.58. The number of aromatic nitrogens is 2. The van der Waals surface area contributed by atoms with Gasteiger partial charge in [-0.3, -0.25) is 14.5 Å². The van der Waals surface area contributed by atoms with E-state index in [4.69, 9.17) is 12.2 Å². The number of carbonyl (C=O) groups is 2. The zero-order valence-corrected chi connectivity index (χ0v) is 21.2. The van der Waals surface area contributed by atoms with Crippen LogP contribution in [0.5, 0.6) is 0 Å². The molecule has 6 nitrogen and oxygen atoms in total. The number of rotatable bonds is 4. The quantitative estimate of drug-likeness (QED) is 0.374. The second-order valence-corrected chi connectivity index (χ2v) is 12.4. The molecule has 2 aromatic rings. The molecule has 1 saturated heterocycles. The van der Waals surface area contributed by atoms with Crippen LogP contribution in [-0.2, 0) is 16.0 Å². The van der Waals surface area contributed by atoms with Crippen LogP contribution >= 0.6 is 47.1 Å². The monoisotopic (exact) mass is 500 g/mol. The van der Waals surface area contributed by atoms with Crippen molar-refractivity contribution in [3.63, 3.8) is 0 Å². The molecule has 4 heterocycles.